The third-order valence-corrected chi connectivity index (χ3v) is 1.18. The fourth-order valence-electron chi connectivity index (χ4n) is 0.663. The van der Waals surface area contributed by atoms with Crippen molar-refractivity contribution in [2.75, 3.05) is 0 Å². The largest absolute Gasteiger partial charge is 0.326 e. The molecule has 0 atom stereocenters. The van der Waals surface area contributed by atoms with Gasteiger partial charge in [-0.1, -0.05) is 0 Å². The minimum absolute atomic E-state index is 0.213. The van der Waals surface area contributed by atoms with E-state index in [1.165, 1.54) is 0 Å². The summed E-state index contributed by atoms with van der Waals surface area (Å²) in [5.74, 6) is -3.70. The highest BCUT2D eigenvalue weighted by atomic mass is 19.2. The van der Waals surface area contributed by atoms with E-state index in [-0.39, 0.29) is 12.1 Å². The van der Waals surface area contributed by atoms with Gasteiger partial charge in [0.2, 0.25) is 5.95 Å². The third-order valence-electron chi connectivity index (χ3n) is 1.18. The summed E-state index contributed by atoms with van der Waals surface area (Å²) in [5, 5.41) is 0. The Balaban J connectivity index is 3.24. The predicted octanol–water partition coefficient (Wildman–Crippen LogP) is 0.958. The molecular weight excluding hydrogens is 157 g/mol. The standard InChI is InChI=1S/C6H5F3N2/c7-4-1-3(2-10)5(8)6(9)11-4/h1H,2,10H2. The van der Waals surface area contributed by atoms with Crippen LogP contribution < -0.4 is 5.73 Å². The van der Waals surface area contributed by atoms with Crippen LogP contribution in [-0.2, 0) is 6.54 Å². The van der Waals surface area contributed by atoms with E-state index >= 15 is 0 Å². The average molecular weight is 162 g/mol. The summed E-state index contributed by atoms with van der Waals surface area (Å²) in [5.41, 5.74) is 4.77. The topological polar surface area (TPSA) is 38.9 Å². The van der Waals surface area contributed by atoms with Crippen LogP contribution in [0.2, 0.25) is 0 Å². The van der Waals surface area contributed by atoms with Crippen molar-refractivity contribution in [1.82, 2.24) is 4.98 Å². The number of rotatable bonds is 1. The van der Waals surface area contributed by atoms with Crippen LogP contribution >= 0.6 is 0 Å². The maximum Gasteiger partial charge on any atom is 0.251 e. The lowest BCUT2D eigenvalue weighted by Crippen LogP contribution is -2.05. The summed E-state index contributed by atoms with van der Waals surface area (Å²) in [4.78, 5) is 2.62. The molecule has 11 heavy (non-hydrogen) atoms. The molecule has 0 saturated heterocycles. The lowest BCUT2D eigenvalue weighted by molar-refractivity contribution is 0.439. The molecule has 0 bridgehead atoms. The summed E-state index contributed by atoms with van der Waals surface area (Å²) >= 11 is 0. The van der Waals surface area contributed by atoms with E-state index in [0.29, 0.717) is 0 Å². The molecule has 0 radical (unpaired) electrons. The van der Waals surface area contributed by atoms with Gasteiger partial charge in [-0.2, -0.15) is 13.8 Å². The average Bonchev–Trinajstić information content (AvgIpc) is 1.96. The molecular formula is C6H5F3N2. The fraction of sp³-hybridized carbons (Fsp3) is 0.167. The lowest BCUT2D eigenvalue weighted by atomic mass is 10.2. The molecule has 0 aliphatic carbocycles. The van der Waals surface area contributed by atoms with Gasteiger partial charge in [-0.3, -0.25) is 0 Å². The third kappa shape index (κ3) is 1.48. The van der Waals surface area contributed by atoms with E-state index < -0.39 is 17.7 Å². The van der Waals surface area contributed by atoms with Crippen LogP contribution in [0.1, 0.15) is 5.56 Å². The molecule has 2 nitrogen and oxygen atoms in total. The SMILES string of the molecule is NCc1cc(F)nc(F)c1F. The van der Waals surface area contributed by atoms with E-state index in [0.717, 1.165) is 6.07 Å². The Morgan fingerprint density at radius 1 is 1.36 bits per heavy atom. The van der Waals surface area contributed by atoms with Gasteiger partial charge in [0.15, 0.2) is 5.82 Å². The highest BCUT2D eigenvalue weighted by Crippen LogP contribution is 2.09. The van der Waals surface area contributed by atoms with Crippen molar-refractivity contribution < 1.29 is 13.2 Å². The van der Waals surface area contributed by atoms with Gasteiger partial charge in [-0.05, 0) is 0 Å². The number of nitrogens with zero attached hydrogens (tertiary/aromatic N) is 1. The summed E-state index contributed by atoms with van der Waals surface area (Å²) in [6.07, 6.45) is 0. The number of nitrogens with two attached hydrogens (primary N) is 1. The molecule has 1 heterocycles. The van der Waals surface area contributed by atoms with Crippen LogP contribution in [-0.4, -0.2) is 4.98 Å². The first-order valence-electron chi connectivity index (χ1n) is 2.85. The fourth-order valence-corrected chi connectivity index (χ4v) is 0.663. The quantitative estimate of drug-likeness (QED) is 0.624. The van der Waals surface area contributed by atoms with E-state index in [2.05, 4.69) is 4.98 Å². The summed E-state index contributed by atoms with van der Waals surface area (Å²) < 4.78 is 37.0. The Morgan fingerprint density at radius 3 is 2.55 bits per heavy atom. The van der Waals surface area contributed by atoms with Gasteiger partial charge < -0.3 is 5.73 Å². The van der Waals surface area contributed by atoms with Crippen molar-refractivity contribution in [3.63, 3.8) is 0 Å². The van der Waals surface area contributed by atoms with Gasteiger partial charge in [-0.15, -0.1) is 0 Å². The van der Waals surface area contributed by atoms with Crippen molar-refractivity contribution in [1.29, 1.82) is 0 Å². The first-order chi connectivity index (χ1) is 5.15. The van der Waals surface area contributed by atoms with Gasteiger partial charge in [0.25, 0.3) is 5.95 Å². The van der Waals surface area contributed by atoms with Crippen LogP contribution in [0.25, 0.3) is 0 Å². The Labute approximate surface area is 60.9 Å². The zero-order valence-corrected chi connectivity index (χ0v) is 5.44. The molecule has 1 aromatic rings. The second kappa shape index (κ2) is 2.87. The van der Waals surface area contributed by atoms with Crippen LogP contribution in [0.15, 0.2) is 6.07 Å². The van der Waals surface area contributed by atoms with E-state index in [1.54, 1.807) is 0 Å². The molecule has 1 rings (SSSR count). The van der Waals surface area contributed by atoms with Gasteiger partial charge in [0.05, 0.1) is 0 Å². The minimum atomic E-state index is -1.45. The summed E-state index contributed by atoms with van der Waals surface area (Å²) in [6.45, 7) is -0.248. The highest BCUT2D eigenvalue weighted by Gasteiger charge is 2.10. The Kier molecular flexibility index (Phi) is 2.09. The van der Waals surface area contributed by atoms with Crippen molar-refractivity contribution in [3.05, 3.63) is 29.3 Å². The molecule has 0 saturated carbocycles. The van der Waals surface area contributed by atoms with Gasteiger partial charge in [0.1, 0.15) is 0 Å². The van der Waals surface area contributed by atoms with Gasteiger partial charge in [0, 0.05) is 18.2 Å². The molecule has 0 amide bonds. The molecule has 5 heteroatoms. The molecule has 0 aromatic carbocycles. The van der Waals surface area contributed by atoms with Crippen LogP contribution in [0.3, 0.4) is 0 Å². The molecule has 0 unspecified atom stereocenters. The molecule has 0 fully saturated rings. The van der Waals surface area contributed by atoms with Crippen LogP contribution in [0.4, 0.5) is 13.2 Å². The van der Waals surface area contributed by atoms with Crippen molar-refractivity contribution >= 4 is 0 Å². The van der Waals surface area contributed by atoms with Gasteiger partial charge >= 0.3 is 0 Å². The van der Waals surface area contributed by atoms with E-state index in [4.69, 9.17) is 5.73 Å². The lowest BCUT2D eigenvalue weighted by Gasteiger charge is -1.98. The molecule has 2 N–H and O–H groups in total. The number of pyridine rings is 1. The molecule has 0 aliphatic heterocycles. The number of hydrogen-bond acceptors (Lipinski definition) is 2. The summed E-state index contributed by atoms with van der Waals surface area (Å²) in [6, 6.07) is 0.762. The number of hydrogen-bond donors (Lipinski definition) is 1. The van der Waals surface area contributed by atoms with E-state index in [1.807, 2.05) is 0 Å². The highest BCUT2D eigenvalue weighted by molar-refractivity contribution is 5.13. The zero-order valence-electron chi connectivity index (χ0n) is 5.44. The van der Waals surface area contributed by atoms with Crippen molar-refractivity contribution in [3.8, 4) is 0 Å². The Hall–Kier alpha value is -1.10. The second-order valence-corrected chi connectivity index (χ2v) is 1.91. The molecule has 0 aliphatic rings. The second-order valence-electron chi connectivity index (χ2n) is 1.91. The smallest absolute Gasteiger partial charge is 0.251 e. The minimum Gasteiger partial charge on any atom is -0.326 e. The van der Waals surface area contributed by atoms with Crippen LogP contribution in [0.5, 0.6) is 0 Å². The molecule has 0 spiro atoms. The summed E-state index contributed by atoms with van der Waals surface area (Å²) in [7, 11) is 0. The number of aromatic nitrogens is 1. The predicted molar refractivity (Wildman–Crippen MR) is 32.0 cm³/mol. The van der Waals surface area contributed by atoms with Gasteiger partial charge in [-0.25, -0.2) is 4.39 Å². The normalized spacial score (nSPS) is 10.2. The van der Waals surface area contributed by atoms with E-state index in [9.17, 15) is 13.2 Å². The van der Waals surface area contributed by atoms with Crippen molar-refractivity contribution in [2.24, 2.45) is 5.73 Å². The maximum absolute atomic E-state index is 12.5. The van der Waals surface area contributed by atoms with Crippen molar-refractivity contribution in [2.45, 2.75) is 6.54 Å². The first-order valence-corrected chi connectivity index (χ1v) is 2.85. The first kappa shape index (κ1) is 8.00. The molecule has 1 aromatic heterocycles. The Morgan fingerprint density at radius 2 is 2.00 bits per heavy atom. The van der Waals surface area contributed by atoms with Crippen LogP contribution in [0, 0.1) is 17.7 Å². The number of halogens is 3. The zero-order chi connectivity index (χ0) is 8.43. The maximum atomic E-state index is 12.5. The monoisotopic (exact) mass is 162 g/mol. The molecule has 60 valence electrons. The Bertz CT molecular complexity index is 275.